The van der Waals surface area contributed by atoms with Crippen molar-refractivity contribution in [3.8, 4) is 6.07 Å². The molecule has 0 saturated carbocycles. The monoisotopic (exact) mass is 256 g/mol. The van der Waals surface area contributed by atoms with E-state index in [1.54, 1.807) is 30.3 Å². The van der Waals surface area contributed by atoms with Crippen molar-refractivity contribution in [3.05, 3.63) is 52.5 Å². The molecule has 0 spiro atoms. The first kappa shape index (κ1) is 14.3. The lowest BCUT2D eigenvalue weighted by atomic mass is 10.1. The van der Waals surface area contributed by atoms with Crippen molar-refractivity contribution in [1.82, 2.24) is 0 Å². The summed E-state index contributed by atoms with van der Waals surface area (Å²) in [6.07, 6.45) is 0.177. The number of allylic oxidation sites excluding steroid dienone is 1. The molecule has 0 atom stereocenters. The summed E-state index contributed by atoms with van der Waals surface area (Å²) in [4.78, 5) is 14.2. The van der Waals surface area contributed by atoms with Crippen molar-refractivity contribution in [2.45, 2.75) is 6.42 Å². The molecule has 0 amide bonds. The van der Waals surface area contributed by atoms with E-state index in [-0.39, 0.29) is 23.8 Å². The Hall–Kier alpha value is -2.79. The number of rotatable bonds is 4. The van der Waals surface area contributed by atoms with Gasteiger partial charge in [0, 0.05) is 5.56 Å². The van der Waals surface area contributed by atoms with E-state index in [1.807, 2.05) is 0 Å². The molecule has 0 aromatic heterocycles. The van der Waals surface area contributed by atoms with Crippen LogP contribution in [0.2, 0.25) is 0 Å². The maximum absolute atomic E-state index is 11.1. The highest BCUT2D eigenvalue weighted by Gasteiger charge is 2.10. The molecule has 5 heteroatoms. The fourth-order valence-electron chi connectivity index (χ4n) is 1.49. The van der Waals surface area contributed by atoms with E-state index in [4.69, 9.17) is 16.6 Å². The number of hydrogen-bond donors (Lipinski definition) is 0. The molecule has 0 aliphatic carbocycles. The molecule has 0 saturated heterocycles. The van der Waals surface area contributed by atoms with Gasteiger partial charge in [-0.05, 0) is 5.56 Å². The maximum atomic E-state index is 11.1. The van der Waals surface area contributed by atoms with Crippen molar-refractivity contribution in [2.24, 2.45) is 0 Å². The summed E-state index contributed by atoms with van der Waals surface area (Å²) in [6.45, 7) is 6.91. The average molecular weight is 256 g/mol. The average Bonchev–Trinajstić information content (AvgIpc) is 2.45. The first-order chi connectivity index (χ1) is 9.15. The van der Waals surface area contributed by atoms with Gasteiger partial charge in [0.25, 0.3) is 0 Å². The van der Waals surface area contributed by atoms with Crippen molar-refractivity contribution in [2.75, 3.05) is 14.2 Å². The Morgan fingerprint density at radius 1 is 1.32 bits per heavy atom. The summed E-state index contributed by atoms with van der Waals surface area (Å²) in [5.41, 5.74) is 1.29. The van der Waals surface area contributed by atoms with Crippen LogP contribution in [0.4, 0.5) is 0 Å². The van der Waals surface area contributed by atoms with Gasteiger partial charge in [0.05, 0.1) is 33.3 Å². The zero-order chi connectivity index (χ0) is 14.3. The Morgan fingerprint density at radius 2 is 1.95 bits per heavy atom. The van der Waals surface area contributed by atoms with Gasteiger partial charge in [-0.2, -0.15) is 0 Å². The quantitative estimate of drug-likeness (QED) is 0.358. The van der Waals surface area contributed by atoms with Crippen LogP contribution in [-0.4, -0.2) is 20.2 Å². The van der Waals surface area contributed by atoms with Gasteiger partial charge in [-0.15, -0.1) is 0 Å². The largest absolute Gasteiger partial charge is 0.506 e. The Balaban J connectivity index is 3.05. The summed E-state index contributed by atoms with van der Waals surface area (Å²) in [5.74, 6) is -0.101. The number of esters is 1. The molecule has 0 radical (unpaired) electrons. The molecule has 0 bridgehead atoms. The van der Waals surface area contributed by atoms with E-state index in [1.165, 1.54) is 14.2 Å². The zero-order valence-corrected chi connectivity index (χ0v) is 10.6. The van der Waals surface area contributed by atoms with E-state index in [0.717, 1.165) is 5.56 Å². The lowest BCUT2D eigenvalue weighted by molar-refractivity contribution is -0.139. The molecule has 0 aliphatic rings. The molecular formula is C14H12N2O3. The number of ether oxygens (including phenoxy) is 2. The van der Waals surface area contributed by atoms with Crippen LogP contribution in [0, 0.1) is 17.9 Å². The third kappa shape index (κ3) is 3.58. The first-order valence-corrected chi connectivity index (χ1v) is 5.38. The van der Waals surface area contributed by atoms with Crippen LogP contribution in [0.25, 0.3) is 10.6 Å². The molecule has 1 rings (SSSR count). The zero-order valence-electron chi connectivity index (χ0n) is 10.6. The van der Waals surface area contributed by atoms with Gasteiger partial charge in [-0.3, -0.25) is 4.79 Å². The smallest absolute Gasteiger partial charge is 0.309 e. The van der Waals surface area contributed by atoms with Crippen molar-refractivity contribution in [1.29, 1.82) is 5.26 Å². The Kier molecular flexibility index (Phi) is 5.13. The van der Waals surface area contributed by atoms with Gasteiger partial charge in [0.1, 0.15) is 5.76 Å². The van der Waals surface area contributed by atoms with Crippen molar-refractivity contribution >= 4 is 11.7 Å². The summed E-state index contributed by atoms with van der Waals surface area (Å²) < 4.78 is 9.64. The SMILES string of the molecule is [C-]#[N+]/C(C#N)=C(\OC)c1ccc(CC(=O)OC)cc1. The number of carbonyl (C=O) groups is 1. The third-order valence-corrected chi connectivity index (χ3v) is 2.43. The standard InChI is InChI=1S/C14H12N2O3/c1-16-12(9-15)14(19-3)11-6-4-10(5-7-11)8-13(17)18-2/h4-7H,8H2,2-3H3/b14-12-. The van der Waals surface area contributed by atoms with Crippen LogP contribution in [0.15, 0.2) is 30.0 Å². The van der Waals surface area contributed by atoms with Crippen LogP contribution in [0.3, 0.4) is 0 Å². The Morgan fingerprint density at radius 3 is 2.37 bits per heavy atom. The number of nitrogens with zero attached hydrogens (tertiary/aromatic N) is 2. The molecule has 0 N–H and O–H groups in total. The molecule has 0 unspecified atom stereocenters. The normalized spacial score (nSPS) is 10.7. The fourth-order valence-corrected chi connectivity index (χ4v) is 1.49. The predicted molar refractivity (Wildman–Crippen MR) is 68.3 cm³/mol. The van der Waals surface area contributed by atoms with Crippen LogP contribution in [0.5, 0.6) is 0 Å². The highest BCUT2D eigenvalue weighted by atomic mass is 16.5. The molecule has 5 nitrogen and oxygen atoms in total. The number of carbonyl (C=O) groups excluding carboxylic acids is 1. The Labute approximate surface area is 111 Å². The van der Waals surface area contributed by atoms with Gasteiger partial charge >= 0.3 is 11.7 Å². The van der Waals surface area contributed by atoms with Crippen LogP contribution in [0.1, 0.15) is 11.1 Å². The number of methoxy groups -OCH3 is 2. The van der Waals surface area contributed by atoms with Gasteiger partial charge in [-0.1, -0.05) is 24.3 Å². The van der Waals surface area contributed by atoms with Crippen LogP contribution in [-0.2, 0) is 20.7 Å². The molecule has 0 aliphatic heterocycles. The minimum atomic E-state index is -0.325. The van der Waals surface area contributed by atoms with E-state index >= 15 is 0 Å². The van der Waals surface area contributed by atoms with Gasteiger partial charge in [0.2, 0.25) is 0 Å². The molecule has 96 valence electrons. The molecule has 0 fully saturated rings. The van der Waals surface area contributed by atoms with Crippen molar-refractivity contribution < 1.29 is 14.3 Å². The van der Waals surface area contributed by atoms with Gasteiger partial charge < -0.3 is 9.47 Å². The molecular weight excluding hydrogens is 244 g/mol. The number of nitriles is 1. The fraction of sp³-hybridized carbons (Fsp3) is 0.214. The highest BCUT2D eigenvalue weighted by Crippen LogP contribution is 2.20. The second kappa shape index (κ2) is 6.83. The molecule has 1 aromatic carbocycles. The summed E-state index contributed by atoms with van der Waals surface area (Å²) in [6, 6.07) is 8.62. The molecule has 1 aromatic rings. The first-order valence-electron chi connectivity index (χ1n) is 5.38. The van der Waals surface area contributed by atoms with Gasteiger partial charge in [0.15, 0.2) is 0 Å². The lowest BCUT2D eigenvalue weighted by Crippen LogP contribution is -2.04. The minimum absolute atomic E-state index is 0.108. The maximum Gasteiger partial charge on any atom is 0.309 e. The summed E-state index contributed by atoms with van der Waals surface area (Å²) in [5, 5.41) is 8.83. The van der Waals surface area contributed by atoms with E-state index in [2.05, 4.69) is 9.58 Å². The number of hydrogen-bond acceptors (Lipinski definition) is 4. The minimum Gasteiger partial charge on any atom is -0.506 e. The lowest BCUT2D eigenvalue weighted by Gasteiger charge is -2.07. The second-order valence-electron chi connectivity index (χ2n) is 3.56. The van der Waals surface area contributed by atoms with Crippen molar-refractivity contribution in [3.63, 3.8) is 0 Å². The van der Waals surface area contributed by atoms with E-state index in [0.29, 0.717) is 5.56 Å². The third-order valence-electron chi connectivity index (χ3n) is 2.43. The highest BCUT2D eigenvalue weighted by molar-refractivity contribution is 5.73. The topological polar surface area (TPSA) is 63.7 Å². The van der Waals surface area contributed by atoms with E-state index in [9.17, 15) is 4.79 Å². The second-order valence-corrected chi connectivity index (χ2v) is 3.56. The van der Waals surface area contributed by atoms with E-state index < -0.39 is 0 Å². The summed E-state index contributed by atoms with van der Waals surface area (Å²) in [7, 11) is 2.73. The number of benzene rings is 1. The van der Waals surface area contributed by atoms with Crippen LogP contribution >= 0.6 is 0 Å². The Bertz CT molecular complexity index is 558. The summed E-state index contributed by atoms with van der Waals surface area (Å²) >= 11 is 0. The molecule has 19 heavy (non-hydrogen) atoms. The van der Waals surface area contributed by atoms with Crippen LogP contribution < -0.4 is 0 Å². The molecule has 0 heterocycles. The van der Waals surface area contributed by atoms with Gasteiger partial charge in [-0.25, -0.2) is 10.1 Å². The predicted octanol–water partition coefficient (Wildman–Crippen LogP) is 2.16.